The van der Waals surface area contributed by atoms with Gasteiger partial charge < -0.3 is 20.0 Å². The molecule has 29 heavy (non-hydrogen) atoms. The van der Waals surface area contributed by atoms with Crippen LogP contribution in [-0.2, 0) is 19.2 Å². The van der Waals surface area contributed by atoms with Crippen LogP contribution in [0.3, 0.4) is 0 Å². The van der Waals surface area contributed by atoms with Gasteiger partial charge in [-0.05, 0) is 31.6 Å². The van der Waals surface area contributed by atoms with Gasteiger partial charge in [-0.2, -0.15) is 0 Å². The normalized spacial score (nSPS) is 23.3. The fourth-order valence-electron chi connectivity index (χ4n) is 4.12. The highest BCUT2D eigenvalue weighted by atomic mass is 16.2. The molecule has 0 spiro atoms. The largest absolute Gasteiger partial charge is 0.349 e. The molecule has 0 aliphatic carbocycles. The van der Waals surface area contributed by atoms with Crippen molar-refractivity contribution in [1.82, 2.24) is 15.1 Å². The second-order valence-corrected chi connectivity index (χ2v) is 7.56. The second-order valence-electron chi connectivity index (χ2n) is 7.56. The summed E-state index contributed by atoms with van der Waals surface area (Å²) in [6, 6.07) is 7.73. The van der Waals surface area contributed by atoms with Gasteiger partial charge in [0.15, 0.2) is 0 Å². The number of nitrogens with one attached hydrogen (secondary N) is 1. The van der Waals surface area contributed by atoms with Crippen molar-refractivity contribution >= 4 is 29.3 Å². The Morgan fingerprint density at radius 3 is 2.41 bits per heavy atom. The maximum Gasteiger partial charge on any atom is 0.267 e. The van der Waals surface area contributed by atoms with Crippen molar-refractivity contribution in [3.8, 4) is 0 Å². The Morgan fingerprint density at radius 2 is 1.69 bits per heavy atom. The van der Waals surface area contributed by atoms with Crippen LogP contribution in [0.25, 0.3) is 0 Å². The molecular formula is C21H24N4O4. The fourth-order valence-corrected chi connectivity index (χ4v) is 4.12. The number of carbonyl (C=O) groups is 4. The summed E-state index contributed by atoms with van der Waals surface area (Å²) in [5.41, 5.74) is 2.65. The Hall–Kier alpha value is -3.16. The number of amides is 4. The van der Waals surface area contributed by atoms with Crippen molar-refractivity contribution in [3.63, 3.8) is 0 Å². The Bertz CT molecular complexity index is 892. The molecule has 3 saturated heterocycles. The van der Waals surface area contributed by atoms with E-state index in [9.17, 15) is 19.2 Å². The van der Waals surface area contributed by atoms with E-state index in [0.717, 1.165) is 5.69 Å². The van der Waals surface area contributed by atoms with Gasteiger partial charge in [0.1, 0.15) is 11.7 Å². The minimum atomic E-state index is -0.229. The van der Waals surface area contributed by atoms with Crippen molar-refractivity contribution in [2.75, 3.05) is 31.1 Å². The fraction of sp³-hybridized carbons (Fsp3) is 0.429. The van der Waals surface area contributed by atoms with Crippen LogP contribution in [0, 0.1) is 6.92 Å². The first-order chi connectivity index (χ1) is 14.0. The molecule has 4 amide bonds. The van der Waals surface area contributed by atoms with Crippen molar-refractivity contribution in [2.24, 2.45) is 0 Å². The molecule has 8 nitrogen and oxygen atoms in total. The summed E-state index contributed by atoms with van der Waals surface area (Å²) in [6.07, 6.45) is 3.23. The predicted molar refractivity (Wildman–Crippen MR) is 106 cm³/mol. The number of rotatable bonds is 1. The van der Waals surface area contributed by atoms with Gasteiger partial charge in [0, 0.05) is 44.7 Å². The zero-order chi connectivity index (χ0) is 20.5. The van der Waals surface area contributed by atoms with Crippen molar-refractivity contribution < 1.29 is 19.2 Å². The van der Waals surface area contributed by atoms with E-state index in [1.807, 2.05) is 31.2 Å². The minimum absolute atomic E-state index is 0.0369. The van der Waals surface area contributed by atoms with Crippen LogP contribution in [0.4, 0.5) is 5.69 Å². The molecule has 5 rings (SSSR count). The second kappa shape index (κ2) is 7.69. The zero-order valence-electron chi connectivity index (χ0n) is 16.4. The van der Waals surface area contributed by atoms with Crippen LogP contribution in [0.1, 0.15) is 24.8 Å². The van der Waals surface area contributed by atoms with Gasteiger partial charge in [-0.3, -0.25) is 19.2 Å². The summed E-state index contributed by atoms with van der Waals surface area (Å²) in [4.78, 5) is 51.1. The number of carbonyl (C=O) groups excluding carboxylic acids is 4. The van der Waals surface area contributed by atoms with Crippen molar-refractivity contribution in [3.05, 3.63) is 41.6 Å². The number of fused-ring (bicyclic) bond motifs is 2. The van der Waals surface area contributed by atoms with Gasteiger partial charge in [-0.15, -0.1) is 0 Å². The highest BCUT2D eigenvalue weighted by Crippen LogP contribution is 2.27. The molecule has 0 saturated carbocycles. The van der Waals surface area contributed by atoms with Crippen LogP contribution in [-0.4, -0.2) is 65.6 Å². The Morgan fingerprint density at radius 1 is 0.931 bits per heavy atom. The lowest BCUT2D eigenvalue weighted by atomic mass is 10.1. The summed E-state index contributed by atoms with van der Waals surface area (Å²) >= 11 is 0. The van der Waals surface area contributed by atoms with E-state index in [1.165, 1.54) is 5.56 Å². The third kappa shape index (κ3) is 3.62. The lowest BCUT2D eigenvalue weighted by Crippen LogP contribution is -2.55. The molecule has 1 unspecified atom stereocenters. The maximum atomic E-state index is 12.4. The van der Waals surface area contributed by atoms with Gasteiger partial charge >= 0.3 is 0 Å². The molecule has 0 bridgehead atoms. The molecule has 8 heteroatoms. The highest BCUT2D eigenvalue weighted by molar-refractivity contribution is 6.02. The van der Waals surface area contributed by atoms with E-state index < -0.39 is 0 Å². The van der Waals surface area contributed by atoms with E-state index in [-0.39, 0.29) is 29.7 Å². The van der Waals surface area contributed by atoms with Crippen molar-refractivity contribution in [2.45, 2.75) is 32.2 Å². The van der Waals surface area contributed by atoms with E-state index in [1.54, 1.807) is 20.8 Å². The van der Waals surface area contributed by atoms with Crippen LogP contribution in [0.15, 0.2) is 36.0 Å². The van der Waals surface area contributed by atoms with E-state index in [0.29, 0.717) is 51.1 Å². The molecule has 1 atom stereocenters. The Labute approximate surface area is 169 Å². The highest BCUT2D eigenvalue weighted by Gasteiger charge is 2.42. The number of hydrogen-bond donors (Lipinski definition) is 1. The SMILES string of the molecule is Cc1ccc(N2CCN3C(=O)CCC3C2=O)cc1.O=C1NCCN2C(=O)CC=C12. The predicted octanol–water partition coefficient (Wildman–Crippen LogP) is 0.565. The van der Waals surface area contributed by atoms with Crippen LogP contribution < -0.4 is 10.2 Å². The van der Waals surface area contributed by atoms with Crippen LogP contribution in [0.2, 0.25) is 0 Å². The van der Waals surface area contributed by atoms with Gasteiger partial charge in [-0.1, -0.05) is 17.7 Å². The Kier molecular flexibility index (Phi) is 5.08. The number of nitrogens with zero attached hydrogens (tertiary/aromatic N) is 3. The molecular weight excluding hydrogens is 372 g/mol. The molecule has 152 valence electrons. The molecule has 3 fully saturated rings. The molecule has 4 aliphatic rings. The first kappa shape index (κ1) is 19.2. The maximum absolute atomic E-state index is 12.4. The summed E-state index contributed by atoms with van der Waals surface area (Å²) in [7, 11) is 0. The van der Waals surface area contributed by atoms with E-state index in [4.69, 9.17) is 0 Å². The third-order valence-corrected chi connectivity index (χ3v) is 5.70. The van der Waals surface area contributed by atoms with Gasteiger partial charge in [0.05, 0.1) is 0 Å². The zero-order valence-corrected chi connectivity index (χ0v) is 16.4. The topological polar surface area (TPSA) is 90.0 Å². The first-order valence-electron chi connectivity index (χ1n) is 9.92. The number of anilines is 1. The van der Waals surface area contributed by atoms with Gasteiger partial charge in [0.25, 0.3) is 5.91 Å². The number of piperazine rings is 2. The molecule has 1 aromatic carbocycles. The van der Waals surface area contributed by atoms with Crippen LogP contribution in [0.5, 0.6) is 0 Å². The molecule has 4 heterocycles. The number of aryl methyl sites for hydroxylation is 1. The molecule has 0 aromatic heterocycles. The van der Waals surface area contributed by atoms with Crippen LogP contribution >= 0.6 is 0 Å². The average molecular weight is 396 g/mol. The van der Waals surface area contributed by atoms with Crippen molar-refractivity contribution in [1.29, 1.82) is 0 Å². The van der Waals surface area contributed by atoms with E-state index >= 15 is 0 Å². The first-order valence-corrected chi connectivity index (χ1v) is 9.92. The molecule has 0 radical (unpaired) electrons. The summed E-state index contributed by atoms with van der Waals surface area (Å²) in [5, 5.41) is 2.67. The third-order valence-electron chi connectivity index (χ3n) is 5.70. The van der Waals surface area contributed by atoms with Gasteiger partial charge in [0.2, 0.25) is 17.7 Å². The Balaban J connectivity index is 0.000000159. The molecule has 1 aromatic rings. The lowest BCUT2D eigenvalue weighted by molar-refractivity contribution is -0.136. The quantitative estimate of drug-likeness (QED) is 0.751. The van der Waals surface area contributed by atoms with E-state index in [2.05, 4.69) is 5.32 Å². The summed E-state index contributed by atoms with van der Waals surface area (Å²) < 4.78 is 0. The minimum Gasteiger partial charge on any atom is -0.349 e. The smallest absolute Gasteiger partial charge is 0.267 e. The average Bonchev–Trinajstić information content (AvgIpc) is 3.28. The summed E-state index contributed by atoms with van der Waals surface area (Å²) in [5.74, 6) is 0.102. The molecule has 1 N–H and O–H groups in total. The number of benzene rings is 1. The van der Waals surface area contributed by atoms with Gasteiger partial charge in [-0.25, -0.2) is 0 Å². The molecule has 4 aliphatic heterocycles. The number of hydrogen-bond acceptors (Lipinski definition) is 4. The standard InChI is InChI=1S/C14H16N2O2.C7H8N2O2/c1-10-2-4-11(5-3-10)15-8-9-16-12(14(15)18)6-7-13(16)17;10-6-2-1-5-7(11)8-3-4-9(5)6/h2-5,12H,6-9H2,1H3;1H,2-4H2,(H,8,11). The lowest BCUT2D eigenvalue weighted by Gasteiger charge is -2.36. The monoisotopic (exact) mass is 396 g/mol. The summed E-state index contributed by atoms with van der Waals surface area (Å²) in [6.45, 7) is 4.48.